The monoisotopic (exact) mass is 457 g/mol. The number of rotatable bonds is 9. The Balaban J connectivity index is 1.38. The highest BCUT2D eigenvalue weighted by atomic mass is 35.5. The van der Waals surface area contributed by atoms with E-state index in [0.29, 0.717) is 29.1 Å². The molecular weight excluding hydrogens is 438 g/mol. The van der Waals surface area contributed by atoms with Crippen molar-refractivity contribution in [2.24, 2.45) is 0 Å². The van der Waals surface area contributed by atoms with Crippen LogP contribution in [0.1, 0.15) is 18.6 Å². The van der Waals surface area contributed by atoms with E-state index in [1.807, 2.05) is 47.9 Å². The molecule has 0 aliphatic carbocycles. The van der Waals surface area contributed by atoms with E-state index in [4.69, 9.17) is 25.6 Å². The van der Waals surface area contributed by atoms with Crippen LogP contribution in [0.5, 0.6) is 11.5 Å². The van der Waals surface area contributed by atoms with Crippen LogP contribution in [0, 0.1) is 0 Å². The molecule has 0 unspecified atom stereocenters. The van der Waals surface area contributed by atoms with E-state index in [9.17, 15) is 0 Å². The standard InChI is InChI=1S/C21H20ClN5O3S/c1-3-27-19(12-29-17-9-7-16(28-2)8-10-17)24-25-21(27)31-13-18-23-20(30-26-18)14-5-4-6-15(22)11-14/h4-11H,3,12-13H2,1-2H3. The fraction of sp³-hybridized carbons (Fsp3) is 0.238. The number of nitrogens with zero attached hydrogens (tertiary/aromatic N) is 5. The van der Waals surface area contributed by atoms with E-state index in [-0.39, 0.29) is 0 Å². The number of halogens is 1. The molecule has 2 heterocycles. The summed E-state index contributed by atoms with van der Waals surface area (Å²) in [6.45, 7) is 3.07. The minimum absolute atomic E-state index is 0.314. The summed E-state index contributed by atoms with van der Waals surface area (Å²) in [4.78, 5) is 4.44. The average Bonchev–Trinajstić information content (AvgIpc) is 3.43. The van der Waals surface area contributed by atoms with Crippen LogP contribution in [-0.4, -0.2) is 32.0 Å². The van der Waals surface area contributed by atoms with Gasteiger partial charge in [0.25, 0.3) is 5.89 Å². The number of methoxy groups -OCH3 is 1. The molecule has 0 spiro atoms. The van der Waals surface area contributed by atoms with Gasteiger partial charge in [-0.25, -0.2) is 0 Å². The molecule has 0 bridgehead atoms. The first-order valence-electron chi connectivity index (χ1n) is 9.56. The predicted octanol–water partition coefficient (Wildman–Crippen LogP) is 4.88. The number of hydrogen-bond donors (Lipinski definition) is 0. The Hall–Kier alpha value is -3.04. The van der Waals surface area contributed by atoms with Crippen molar-refractivity contribution in [1.82, 2.24) is 24.9 Å². The van der Waals surface area contributed by atoms with Gasteiger partial charge in [0.05, 0.1) is 12.9 Å². The minimum Gasteiger partial charge on any atom is -0.497 e. The Morgan fingerprint density at radius 1 is 1.10 bits per heavy atom. The molecule has 0 aliphatic heterocycles. The van der Waals surface area contributed by atoms with Crippen LogP contribution in [0.4, 0.5) is 0 Å². The molecule has 0 atom stereocenters. The maximum Gasteiger partial charge on any atom is 0.258 e. The number of thioether (sulfide) groups is 1. The summed E-state index contributed by atoms with van der Waals surface area (Å²) in [7, 11) is 1.63. The van der Waals surface area contributed by atoms with Crippen molar-refractivity contribution in [1.29, 1.82) is 0 Å². The average molecular weight is 458 g/mol. The van der Waals surface area contributed by atoms with Crippen LogP contribution in [-0.2, 0) is 18.9 Å². The van der Waals surface area contributed by atoms with Gasteiger partial charge in [-0.05, 0) is 49.4 Å². The van der Waals surface area contributed by atoms with Gasteiger partial charge in [-0.2, -0.15) is 4.98 Å². The number of aromatic nitrogens is 5. The summed E-state index contributed by atoms with van der Waals surface area (Å²) in [5.41, 5.74) is 0.783. The number of hydrogen-bond acceptors (Lipinski definition) is 8. The summed E-state index contributed by atoms with van der Waals surface area (Å²) in [5, 5.41) is 14.0. The normalized spacial score (nSPS) is 10.9. The molecule has 2 aromatic carbocycles. The Labute approximate surface area is 188 Å². The van der Waals surface area contributed by atoms with E-state index < -0.39 is 0 Å². The first-order valence-corrected chi connectivity index (χ1v) is 10.9. The van der Waals surface area contributed by atoms with Crippen LogP contribution >= 0.6 is 23.4 Å². The Morgan fingerprint density at radius 2 is 1.90 bits per heavy atom. The second-order valence-corrected chi connectivity index (χ2v) is 7.80. The van der Waals surface area contributed by atoms with Gasteiger partial charge in [0.15, 0.2) is 16.8 Å². The molecule has 8 nitrogen and oxygen atoms in total. The second kappa shape index (κ2) is 9.84. The van der Waals surface area contributed by atoms with Crippen LogP contribution < -0.4 is 9.47 Å². The van der Waals surface area contributed by atoms with Gasteiger partial charge in [-0.1, -0.05) is 34.6 Å². The van der Waals surface area contributed by atoms with Gasteiger partial charge < -0.3 is 18.6 Å². The molecular formula is C21H20ClN5O3S. The third kappa shape index (κ3) is 5.18. The zero-order chi connectivity index (χ0) is 21.6. The van der Waals surface area contributed by atoms with Crippen LogP contribution in [0.3, 0.4) is 0 Å². The maximum atomic E-state index is 6.03. The van der Waals surface area contributed by atoms with E-state index >= 15 is 0 Å². The molecule has 4 rings (SSSR count). The Kier molecular flexibility index (Phi) is 6.73. The zero-order valence-electron chi connectivity index (χ0n) is 17.0. The highest BCUT2D eigenvalue weighted by Gasteiger charge is 2.15. The van der Waals surface area contributed by atoms with Crippen molar-refractivity contribution < 1.29 is 14.0 Å². The predicted molar refractivity (Wildman–Crippen MR) is 117 cm³/mol. The molecule has 0 aliphatic rings. The SMILES string of the molecule is CCn1c(COc2ccc(OC)cc2)nnc1SCc1noc(-c2cccc(Cl)c2)n1. The smallest absolute Gasteiger partial charge is 0.258 e. The van der Waals surface area contributed by atoms with Crippen molar-refractivity contribution in [2.75, 3.05) is 7.11 Å². The van der Waals surface area contributed by atoms with Crippen molar-refractivity contribution in [2.45, 2.75) is 31.0 Å². The molecule has 10 heteroatoms. The second-order valence-electron chi connectivity index (χ2n) is 6.42. The molecule has 0 radical (unpaired) electrons. The van der Waals surface area contributed by atoms with Gasteiger partial charge >= 0.3 is 0 Å². The lowest BCUT2D eigenvalue weighted by atomic mass is 10.2. The lowest BCUT2D eigenvalue weighted by Crippen LogP contribution is -2.07. The lowest BCUT2D eigenvalue weighted by molar-refractivity contribution is 0.287. The van der Waals surface area contributed by atoms with E-state index in [1.54, 1.807) is 19.2 Å². The van der Waals surface area contributed by atoms with Crippen molar-refractivity contribution in [3.05, 3.63) is 65.2 Å². The van der Waals surface area contributed by atoms with Gasteiger partial charge in [0.2, 0.25) is 0 Å². The molecule has 0 fully saturated rings. The molecule has 160 valence electrons. The van der Waals surface area contributed by atoms with Crippen LogP contribution in [0.15, 0.2) is 58.2 Å². The van der Waals surface area contributed by atoms with Crippen LogP contribution in [0.2, 0.25) is 5.02 Å². The third-order valence-corrected chi connectivity index (χ3v) is 5.60. The summed E-state index contributed by atoms with van der Waals surface area (Å²) in [6, 6.07) is 14.7. The van der Waals surface area contributed by atoms with E-state index in [0.717, 1.165) is 34.6 Å². The summed E-state index contributed by atoms with van der Waals surface area (Å²) < 4.78 is 18.4. The van der Waals surface area contributed by atoms with E-state index in [2.05, 4.69) is 20.3 Å². The summed E-state index contributed by atoms with van der Waals surface area (Å²) >= 11 is 7.52. The molecule has 4 aromatic rings. The van der Waals surface area contributed by atoms with E-state index in [1.165, 1.54) is 11.8 Å². The van der Waals surface area contributed by atoms with Crippen LogP contribution in [0.25, 0.3) is 11.5 Å². The van der Waals surface area contributed by atoms with Crippen molar-refractivity contribution >= 4 is 23.4 Å². The minimum atomic E-state index is 0.314. The summed E-state index contributed by atoms with van der Waals surface area (Å²) in [6.07, 6.45) is 0. The number of benzene rings is 2. The number of ether oxygens (including phenoxy) is 2. The van der Waals surface area contributed by atoms with Gasteiger partial charge in [0.1, 0.15) is 18.1 Å². The highest BCUT2D eigenvalue weighted by molar-refractivity contribution is 7.98. The maximum absolute atomic E-state index is 6.03. The summed E-state index contributed by atoms with van der Waals surface area (Å²) in [5.74, 6) is 3.77. The molecule has 0 N–H and O–H groups in total. The highest BCUT2D eigenvalue weighted by Crippen LogP contribution is 2.25. The Morgan fingerprint density at radius 3 is 2.65 bits per heavy atom. The largest absolute Gasteiger partial charge is 0.497 e. The fourth-order valence-electron chi connectivity index (χ4n) is 2.85. The molecule has 2 aromatic heterocycles. The topological polar surface area (TPSA) is 88.1 Å². The Bertz CT molecular complexity index is 1150. The van der Waals surface area contributed by atoms with Crippen molar-refractivity contribution in [3.63, 3.8) is 0 Å². The molecule has 0 amide bonds. The fourth-order valence-corrected chi connectivity index (χ4v) is 3.91. The third-order valence-electron chi connectivity index (χ3n) is 4.41. The van der Waals surface area contributed by atoms with Gasteiger partial charge in [-0.15, -0.1) is 10.2 Å². The lowest BCUT2D eigenvalue weighted by Gasteiger charge is -2.09. The van der Waals surface area contributed by atoms with Crippen molar-refractivity contribution in [3.8, 4) is 23.0 Å². The molecule has 0 saturated heterocycles. The first kappa shape index (κ1) is 21.2. The first-order chi connectivity index (χ1) is 15.2. The molecule has 0 saturated carbocycles. The van der Waals surface area contributed by atoms with Gasteiger partial charge in [0, 0.05) is 17.1 Å². The molecule has 31 heavy (non-hydrogen) atoms. The quantitative estimate of drug-likeness (QED) is 0.328. The van der Waals surface area contributed by atoms with Gasteiger partial charge in [-0.3, -0.25) is 0 Å². The zero-order valence-corrected chi connectivity index (χ0v) is 18.6.